The van der Waals surface area contributed by atoms with E-state index in [-0.39, 0.29) is 6.04 Å². The zero-order valence-corrected chi connectivity index (χ0v) is 11.9. The van der Waals surface area contributed by atoms with E-state index in [2.05, 4.69) is 5.32 Å². The van der Waals surface area contributed by atoms with Gasteiger partial charge in [-0.1, -0.05) is 17.7 Å². The molecule has 1 atom stereocenters. The van der Waals surface area contributed by atoms with Gasteiger partial charge in [-0.3, -0.25) is 4.79 Å². The SMILES string of the molecule is CC(Nc1c(Cl)cc(N)cc1C(N)=O)c1cccs1. The van der Waals surface area contributed by atoms with Crippen molar-refractivity contribution >= 4 is 40.2 Å². The van der Waals surface area contributed by atoms with Gasteiger partial charge in [-0.05, 0) is 30.5 Å². The minimum atomic E-state index is -0.560. The quantitative estimate of drug-likeness (QED) is 0.757. The molecule has 6 heteroatoms. The summed E-state index contributed by atoms with van der Waals surface area (Å²) in [6, 6.07) is 7.13. The van der Waals surface area contributed by atoms with Gasteiger partial charge in [0.2, 0.25) is 0 Å². The molecule has 0 aliphatic heterocycles. The van der Waals surface area contributed by atoms with Crippen LogP contribution in [0.4, 0.5) is 11.4 Å². The first-order chi connectivity index (χ1) is 8.99. The predicted octanol–water partition coefficient (Wildman–Crippen LogP) is 3.26. The van der Waals surface area contributed by atoms with Crippen LogP contribution in [0, 0.1) is 0 Å². The first-order valence-corrected chi connectivity index (χ1v) is 6.93. The van der Waals surface area contributed by atoms with Crippen molar-refractivity contribution in [2.75, 3.05) is 11.1 Å². The normalized spacial score (nSPS) is 12.1. The minimum absolute atomic E-state index is 0.0271. The molecule has 1 aromatic carbocycles. The van der Waals surface area contributed by atoms with Crippen LogP contribution in [0.2, 0.25) is 5.02 Å². The Balaban J connectivity index is 2.36. The van der Waals surface area contributed by atoms with Crippen molar-refractivity contribution in [1.82, 2.24) is 0 Å². The first kappa shape index (κ1) is 13.7. The highest BCUT2D eigenvalue weighted by Gasteiger charge is 2.16. The lowest BCUT2D eigenvalue weighted by Gasteiger charge is -2.18. The molecule has 1 amide bonds. The Bertz CT molecular complexity index is 598. The predicted molar refractivity (Wildman–Crippen MR) is 80.7 cm³/mol. The van der Waals surface area contributed by atoms with Gasteiger partial charge < -0.3 is 16.8 Å². The van der Waals surface area contributed by atoms with Crippen molar-refractivity contribution in [3.8, 4) is 0 Å². The number of carbonyl (C=O) groups excluding carboxylic acids is 1. The number of carbonyl (C=O) groups is 1. The second-order valence-electron chi connectivity index (χ2n) is 4.17. The lowest BCUT2D eigenvalue weighted by Crippen LogP contribution is -2.16. The van der Waals surface area contributed by atoms with Gasteiger partial charge in [0.05, 0.1) is 22.3 Å². The van der Waals surface area contributed by atoms with Gasteiger partial charge in [0.25, 0.3) is 5.91 Å². The summed E-state index contributed by atoms with van der Waals surface area (Å²) in [4.78, 5) is 12.6. The maximum Gasteiger partial charge on any atom is 0.250 e. The van der Waals surface area contributed by atoms with E-state index in [0.29, 0.717) is 22.0 Å². The van der Waals surface area contributed by atoms with Crippen molar-refractivity contribution in [3.63, 3.8) is 0 Å². The fourth-order valence-electron chi connectivity index (χ4n) is 1.79. The van der Waals surface area contributed by atoms with E-state index >= 15 is 0 Å². The van der Waals surface area contributed by atoms with Gasteiger partial charge in [-0.15, -0.1) is 11.3 Å². The van der Waals surface area contributed by atoms with Crippen LogP contribution in [0.15, 0.2) is 29.6 Å². The zero-order chi connectivity index (χ0) is 14.0. The second-order valence-corrected chi connectivity index (χ2v) is 5.56. The number of halogens is 1. The number of primary amides is 1. The van der Waals surface area contributed by atoms with Crippen LogP contribution in [-0.4, -0.2) is 5.91 Å². The van der Waals surface area contributed by atoms with Crippen LogP contribution < -0.4 is 16.8 Å². The first-order valence-electron chi connectivity index (χ1n) is 5.68. The number of anilines is 2. The summed E-state index contributed by atoms with van der Waals surface area (Å²) in [5, 5.41) is 5.59. The van der Waals surface area contributed by atoms with Crippen LogP contribution >= 0.6 is 22.9 Å². The molecule has 0 saturated carbocycles. The van der Waals surface area contributed by atoms with Gasteiger partial charge in [0.1, 0.15) is 0 Å². The standard InChI is InChI=1S/C13H14ClN3OS/c1-7(11-3-2-4-19-11)17-12-9(13(16)18)5-8(15)6-10(12)14/h2-7,17H,15H2,1H3,(H2,16,18). The van der Waals surface area contributed by atoms with Crippen molar-refractivity contribution < 1.29 is 4.79 Å². The number of thiophene rings is 1. The Morgan fingerprint density at radius 3 is 2.79 bits per heavy atom. The summed E-state index contributed by atoms with van der Waals surface area (Å²) < 4.78 is 0. The average molecular weight is 296 g/mol. The number of amides is 1. The van der Waals surface area contributed by atoms with E-state index < -0.39 is 5.91 Å². The number of rotatable bonds is 4. The third-order valence-corrected chi connectivity index (χ3v) is 4.06. The van der Waals surface area contributed by atoms with Gasteiger partial charge in [-0.25, -0.2) is 0 Å². The number of hydrogen-bond donors (Lipinski definition) is 3. The number of benzene rings is 1. The molecular formula is C13H14ClN3OS. The van der Waals surface area contributed by atoms with Crippen molar-refractivity contribution in [3.05, 3.63) is 45.1 Å². The monoisotopic (exact) mass is 295 g/mol. The molecular weight excluding hydrogens is 282 g/mol. The topological polar surface area (TPSA) is 81.1 Å². The van der Waals surface area contributed by atoms with Crippen LogP contribution in [-0.2, 0) is 0 Å². The van der Waals surface area contributed by atoms with Crippen molar-refractivity contribution in [1.29, 1.82) is 0 Å². The van der Waals surface area contributed by atoms with Crippen LogP contribution in [0.3, 0.4) is 0 Å². The third kappa shape index (κ3) is 3.00. The Morgan fingerprint density at radius 2 is 2.21 bits per heavy atom. The Labute approximate surface area is 120 Å². The minimum Gasteiger partial charge on any atom is -0.399 e. The molecule has 2 rings (SSSR count). The number of nitrogens with two attached hydrogens (primary N) is 2. The molecule has 0 aliphatic rings. The lowest BCUT2D eigenvalue weighted by atomic mass is 10.1. The van der Waals surface area contributed by atoms with E-state index in [1.165, 1.54) is 6.07 Å². The second kappa shape index (κ2) is 5.50. The average Bonchev–Trinajstić information content (AvgIpc) is 2.85. The van der Waals surface area contributed by atoms with Gasteiger partial charge >= 0.3 is 0 Å². The fraction of sp³-hybridized carbons (Fsp3) is 0.154. The molecule has 0 aliphatic carbocycles. The summed E-state index contributed by atoms with van der Waals surface area (Å²) in [7, 11) is 0. The van der Waals surface area contributed by atoms with E-state index in [1.807, 2.05) is 24.4 Å². The summed E-state index contributed by atoms with van der Waals surface area (Å²) in [6.07, 6.45) is 0. The smallest absolute Gasteiger partial charge is 0.250 e. The van der Waals surface area contributed by atoms with Crippen molar-refractivity contribution in [2.45, 2.75) is 13.0 Å². The van der Waals surface area contributed by atoms with Crippen LogP contribution in [0.25, 0.3) is 0 Å². The summed E-state index contributed by atoms with van der Waals surface area (Å²) in [5.74, 6) is -0.560. The van der Waals surface area contributed by atoms with Gasteiger partial charge in [0.15, 0.2) is 0 Å². The number of nitrogen functional groups attached to an aromatic ring is 1. The van der Waals surface area contributed by atoms with E-state index in [1.54, 1.807) is 17.4 Å². The number of nitrogens with one attached hydrogen (secondary N) is 1. The molecule has 4 nitrogen and oxygen atoms in total. The Kier molecular flexibility index (Phi) is 3.97. The highest BCUT2D eigenvalue weighted by atomic mass is 35.5. The number of hydrogen-bond acceptors (Lipinski definition) is 4. The molecule has 1 heterocycles. The van der Waals surface area contributed by atoms with Crippen LogP contribution in [0.1, 0.15) is 28.2 Å². The van der Waals surface area contributed by atoms with E-state index in [0.717, 1.165) is 4.88 Å². The molecule has 0 fully saturated rings. The molecule has 0 radical (unpaired) electrons. The molecule has 0 bridgehead atoms. The zero-order valence-electron chi connectivity index (χ0n) is 10.3. The molecule has 100 valence electrons. The maximum atomic E-state index is 11.5. The Morgan fingerprint density at radius 1 is 1.47 bits per heavy atom. The molecule has 1 unspecified atom stereocenters. The summed E-state index contributed by atoms with van der Waals surface area (Å²) in [5.41, 5.74) is 12.3. The summed E-state index contributed by atoms with van der Waals surface area (Å²) >= 11 is 7.76. The Hall–Kier alpha value is -1.72. The molecule has 0 spiro atoms. The molecule has 0 saturated heterocycles. The molecule has 1 aromatic heterocycles. The largest absolute Gasteiger partial charge is 0.399 e. The van der Waals surface area contributed by atoms with Crippen LogP contribution in [0.5, 0.6) is 0 Å². The van der Waals surface area contributed by atoms with Crippen molar-refractivity contribution in [2.24, 2.45) is 5.73 Å². The maximum absolute atomic E-state index is 11.5. The van der Waals surface area contributed by atoms with Gasteiger partial charge in [-0.2, -0.15) is 0 Å². The van der Waals surface area contributed by atoms with E-state index in [4.69, 9.17) is 23.1 Å². The highest BCUT2D eigenvalue weighted by Crippen LogP contribution is 2.32. The molecule has 5 N–H and O–H groups in total. The molecule has 19 heavy (non-hydrogen) atoms. The van der Waals surface area contributed by atoms with Gasteiger partial charge in [0, 0.05) is 10.6 Å². The van der Waals surface area contributed by atoms with E-state index in [9.17, 15) is 4.79 Å². The third-order valence-electron chi connectivity index (χ3n) is 2.71. The lowest BCUT2D eigenvalue weighted by molar-refractivity contribution is 0.100. The summed E-state index contributed by atoms with van der Waals surface area (Å²) in [6.45, 7) is 1.99. The fourth-order valence-corrected chi connectivity index (χ4v) is 2.81. The highest BCUT2D eigenvalue weighted by molar-refractivity contribution is 7.10. The molecule has 2 aromatic rings.